The number of carbonyl (C=O) groups is 2. The van der Waals surface area contributed by atoms with E-state index in [1.807, 2.05) is 49.4 Å². The average Bonchev–Trinajstić information content (AvgIpc) is 3.74. The normalized spacial score (nSPS) is 14.2. The third kappa shape index (κ3) is 8.76. The van der Waals surface area contributed by atoms with Gasteiger partial charge in [0.2, 0.25) is 0 Å². The molecule has 0 bridgehead atoms. The Morgan fingerprint density at radius 2 is 1.62 bits per heavy atom. The molecule has 2 N–H and O–H groups in total. The Kier molecular flexibility index (Phi) is 10.7. The number of carboxylic acids is 1. The van der Waals surface area contributed by atoms with Crippen LogP contribution in [0, 0.1) is 6.92 Å². The van der Waals surface area contributed by atoms with E-state index >= 15 is 0 Å². The first kappa shape index (κ1) is 33.0. The zero-order valence-electron chi connectivity index (χ0n) is 24.3. The highest BCUT2D eigenvalue weighted by molar-refractivity contribution is 7.90. The summed E-state index contributed by atoms with van der Waals surface area (Å²) >= 11 is 0. The van der Waals surface area contributed by atoms with Gasteiger partial charge in [-0.05, 0) is 86.4 Å². The monoisotopic (exact) mass is 592 g/mol. The Morgan fingerprint density at radius 1 is 0.976 bits per heavy atom. The van der Waals surface area contributed by atoms with Crippen molar-refractivity contribution in [3.8, 4) is 11.1 Å². The van der Waals surface area contributed by atoms with Crippen LogP contribution in [0.2, 0.25) is 0 Å². The summed E-state index contributed by atoms with van der Waals surface area (Å²) in [7, 11) is -3.38. The maximum atomic E-state index is 13.5. The zero-order chi connectivity index (χ0) is 29.8. The minimum absolute atomic E-state index is 0. The molecule has 0 saturated heterocycles. The van der Waals surface area contributed by atoms with Crippen LogP contribution in [0.15, 0.2) is 72.8 Å². The summed E-state index contributed by atoms with van der Waals surface area (Å²) in [5, 5.41) is 12.2. The van der Waals surface area contributed by atoms with Crippen molar-refractivity contribution in [3.05, 3.63) is 95.1 Å². The van der Waals surface area contributed by atoms with E-state index in [9.17, 15) is 23.1 Å². The van der Waals surface area contributed by atoms with E-state index in [0.29, 0.717) is 11.6 Å². The van der Waals surface area contributed by atoms with Gasteiger partial charge in [-0.25, -0.2) is 13.2 Å². The molecule has 42 heavy (non-hydrogen) atoms. The number of aryl methyl sites for hydroxylation is 1. The lowest BCUT2D eigenvalue weighted by Gasteiger charge is -2.39. The van der Waals surface area contributed by atoms with Gasteiger partial charge in [0.15, 0.2) is 0 Å². The fourth-order valence-corrected chi connectivity index (χ4v) is 6.09. The number of carbonyl (C=O) groups excluding carboxylic acids is 1. The maximum absolute atomic E-state index is 13.5. The second-order valence-electron chi connectivity index (χ2n) is 11.8. The highest BCUT2D eigenvalue weighted by Gasteiger charge is 2.38. The fourth-order valence-electron chi connectivity index (χ4n) is 5.43. The van der Waals surface area contributed by atoms with Crippen LogP contribution in [0.3, 0.4) is 0 Å². The minimum atomic E-state index is -3.38. The smallest absolute Gasteiger partial charge is 0.326 e. The number of hydrogen-bond donors (Lipinski definition) is 2. The molecule has 0 spiro atoms. The van der Waals surface area contributed by atoms with Crippen molar-refractivity contribution in [2.45, 2.75) is 78.0 Å². The van der Waals surface area contributed by atoms with E-state index in [0.717, 1.165) is 54.3 Å². The molecule has 3 aromatic carbocycles. The lowest BCUT2D eigenvalue weighted by Crippen LogP contribution is -2.46. The molecule has 1 saturated carbocycles. The third-order valence-corrected chi connectivity index (χ3v) is 8.72. The fraction of sp³-hybridized carbons (Fsp3) is 0.412. The second kappa shape index (κ2) is 13.7. The van der Waals surface area contributed by atoms with Gasteiger partial charge in [0.1, 0.15) is 15.9 Å². The molecule has 1 fully saturated rings. The molecule has 0 heterocycles. The SMILES string of the molecule is C.Cc1ccccc1-c1cc(CN(C2CC2)C(C)(C)Cc2ccccc2)ccc1C(=O)N[C@@H](CCS(C)(=O)=O)C(=O)O. The van der Waals surface area contributed by atoms with E-state index in [1.165, 1.54) is 5.56 Å². The Labute approximate surface area is 250 Å². The minimum Gasteiger partial charge on any atom is -0.480 e. The Hall–Kier alpha value is -3.49. The lowest BCUT2D eigenvalue weighted by molar-refractivity contribution is -0.139. The van der Waals surface area contributed by atoms with Crippen molar-refractivity contribution in [2.24, 2.45) is 0 Å². The number of amides is 1. The van der Waals surface area contributed by atoms with Crippen molar-refractivity contribution >= 4 is 21.7 Å². The van der Waals surface area contributed by atoms with Crippen LogP contribution in [0.5, 0.6) is 0 Å². The molecule has 0 aliphatic heterocycles. The van der Waals surface area contributed by atoms with Gasteiger partial charge in [-0.15, -0.1) is 0 Å². The number of nitrogens with one attached hydrogen (secondary N) is 1. The predicted molar refractivity (Wildman–Crippen MR) is 169 cm³/mol. The van der Waals surface area contributed by atoms with Gasteiger partial charge in [0, 0.05) is 29.9 Å². The largest absolute Gasteiger partial charge is 0.480 e. The van der Waals surface area contributed by atoms with Crippen LogP contribution >= 0.6 is 0 Å². The van der Waals surface area contributed by atoms with E-state index in [2.05, 4.69) is 48.3 Å². The summed E-state index contributed by atoms with van der Waals surface area (Å²) in [5.41, 5.74) is 5.24. The first-order valence-electron chi connectivity index (χ1n) is 14.0. The standard InChI is InChI=1S/C33H40N2O5S.CH4/c1-23-10-8-9-13-27(23)29-20-25(14-17-28(29)31(36)34-30(32(37)38)18-19-41(4,39)40)22-35(26-15-16-26)33(2,3)21-24-11-6-5-7-12-24;/h5-14,17,20,26,30H,15-16,18-19,21-22H2,1-4H3,(H,34,36)(H,37,38);1H4/t30-;/m0./s1. The second-order valence-corrected chi connectivity index (χ2v) is 14.1. The van der Waals surface area contributed by atoms with Crippen LogP contribution in [-0.4, -0.2) is 59.9 Å². The summed E-state index contributed by atoms with van der Waals surface area (Å²) in [4.78, 5) is 27.9. The molecule has 7 nitrogen and oxygen atoms in total. The molecule has 0 radical (unpaired) electrons. The topological polar surface area (TPSA) is 104 Å². The van der Waals surface area contributed by atoms with Crippen LogP contribution in [-0.2, 0) is 27.6 Å². The molecule has 4 rings (SSSR count). The van der Waals surface area contributed by atoms with Crippen LogP contribution in [0.1, 0.15) is 67.6 Å². The quantitative estimate of drug-likeness (QED) is 0.256. The molecular weight excluding hydrogens is 548 g/mol. The number of sulfone groups is 1. The Balaban J connectivity index is 0.00000484. The number of aliphatic carboxylic acids is 1. The van der Waals surface area contributed by atoms with Crippen molar-refractivity contribution in [1.29, 1.82) is 0 Å². The first-order chi connectivity index (χ1) is 19.3. The van der Waals surface area contributed by atoms with Crippen LogP contribution in [0.25, 0.3) is 11.1 Å². The number of nitrogens with zero attached hydrogens (tertiary/aromatic N) is 1. The summed E-state index contributed by atoms with van der Waals surface area (Å²) in [6.45, 7) is 7.27. The highest BCUT2D eigenvalue weighted by Crippen LogP contribution is 2.37. The highest BCUT2D eigenvalue weighted by atomic mass is 32.2. The van der Waals surface area contributed by atoms with Crippen molar-refractivity contribution in [2.75, 3.05) is 12.0 Å². The molecule has 3 aromatic rings. The van der Waals surface area contributed by atoms with E-state index in [4.69, 9.17) is 0 Å². The summed E-state index contributed by atoms with van der Waals surface area (Å²) in [6, 6.07) is 23.2. The first-order valence-corrected chi connectivity index (χ1v) is 16.1. The summed E-state index contributed by atoms with van der Waals surface area (Å²) in [5.74, 6) is -2.14. The molecule has 226 valence electrons. The predicted octanol–water partition coefficient (Wildman–Crippen LogP) is 5.90. The Morgan fingerprint density at radius 3 is 2.21 bits per heavy atom. The van der Waals surface area contributed by atoms with Crippen molar-refractivity contribution in [1.82, 2.24) is 10.2 Å². The molecular formula is C34H44N2O5S. The number of benzene rings is 3. The average molecular weight is 593 g/mol. The molecule has 0 unspecified atom stereocenters. The van der Waals surface area contributed by atoms with Crippen molar-refractivity contribution in [3.63, 3.8) is 0 Å². The molecule has 1 aliphatic carbocycles. The Bertz CT molecular complexity index is 1500. The molecule has 0 aromatic heterocycles. The van der Waals surface area contributed by atoms with Gasteiger partial charge in [-0.3, -0.25) is 9.69 Å². The summed E-state index contributed by atoms with van der Waals surface area (Å²) in [6.07, 6.45) is 4.08. The summed E-state index contributed by atoms with van der Waals surface area (Å²) < 4.78 is 23.3. The number of rotatable bonds is 13. The van der Waals surface area contributed by atoms with Gasteiger partial charge in [-0.2, -0.15) is 0 Å². The van der Waals surface area contributed by atoms with Crippen molar-refractivity contribution < 1.29 is 23.1 Å². The molecule has 1 amide bonds. The third-order valence-electron chi connectivity index (χ3n) is 7.74. The number of hydrogen-bond acceptors (Lipinski definition) is 5. The zero-order valence-corrected chi connectivity index (χ0v) is 25.1. The van der Waals surface area contributed by atoms with E-state index in [1.54, 1.807) is 6.07 Å². The maximum Gasteiger partial charge on any atom is 0.326 e. The molecule has 8 heteroatoms. The van der Waals surface area contributed by atoms with Crippen LogP contribution in [0.4, 0.5) is 0 Å². The van der Waals surface area contributed by atoms with Gasteiger partial charge in [0.25, 0.3) is 5.91 Å². The van der Waals surface area contributed by atoms with Gasteiger partial charge in [-0.1, -0.05) is 68.1 Å². The lowest BCUT2D eigenvalue weighted by atomic mass is 9.90. The van der Waals surface area contributed by atoms with Crippen LogP contribution < -0.4 is 5.32 Å². The molecule has 1 atom stereocenters. The number of carboxylic acid groups (broad SMARTS) is 1. The van der Waals surface area contributed by atoms with Gasteiger partial charge < -0.3 is 10.4 Å². The van der Waals surface area contributed by atoms with Gasteiger partial charge >= 0.3 is 5.97 Å². The van der Waals surface area contributed by atoms with E-state index < -0.39 is 27.8 Å². The molecule has 1 aliphatic rings. The van der Waals surface area contributed by atoms with Gasteiger partial charge in [0.05, 0.1) is 5.75 Å². The van der Waals surface area contributed by atoms with E-state index in [-0.39, 0.29) is 25.1 Å².